The van der Waals surface area contributed by atoms with Crippen LogP contribution in [-0.4, -0.2) is 29.9 Å². The zero-order chi connectivity index (χ0) is 13.7. The third-order valence-corrected chi connectivity index (χ3v) is 2.70. The van der Waals surface area contributed by atoms with Gasteiger partial charge in [0.25, 0.3) is 0 Å². The molecule has 0 spiro atoms. The van der Waals surface area contributed by atoms with Gasteiger partial charge in [-0.15, -0.1) is 0 Å². The Morgan fingerprint density at radius 1 is 1.33 bits per heavy atom. The minimum Gasteiger partial charge on any atom is -0.339 e. The van der Waals surface area contributed by atoms with Crippen LogP contribution in [0.3, 0.4) is 0 Å². The van der Waals surface area contributed by atoms with Crippen molar-refractivity contribution in [3.8, 4) is 0 Å². The molecule has 0 saturated carbocycles. The maximum atomic E-state index is 13.4. The number of rotatable bonds is 5. The fourth-order valence-corrected chi connectivity index (χ4v) is 1.76. The van der Waals surface area contributed by atoms with E-state index in [1.165, 1.54) is 11.0 Å². The summed E-state index contributed by atoms with van der Waals surface area (Å²) < 4.78 is 26.9. The molecule has 1 rings (SSSR count). The lowest BCUT2D eigenvalue weighted by Crippen LogP contribution is -2.41. The fraction of sp³-hybridized carbons (Fsp3) is 0.462. The Morgan fingerprint density at radius 2 is 1.89 bits per heavy atom. The van der Waals surface area contributed by atoms with Gasteiger partial charge in [0.05, 0.1) is 6.42 Å². The van der Waals surface area contributed by atoms with Crippen molar-refractivity contribution >= 4 is 5.91 Å². The highest BCUT2D eigenvalue weighted by Gasteiger charge is 2.19. The highest BCUT2D eigenvalue weighted by molar-refractivity contribution is 5.79. The first-order valence-electron chi connectivity index (χ1n) is 5.89. The van der Waals surface area contributed by atoms with E-state index in [4.69, 9.17) is 5.73 Å². The number of nitrogens with two attached hydrogens (primary N) is 1. The molecule has 100 valence electrons. The monoisotopic (exact) mass is 256 g/mol. The molecule has 0 fully saturated rings. The predicted octanol–water partition coefficient (Wildman–Crippen LogP) is 1.70. The molecule has 1 aromatic carbocycles. The molecule has 2 N–H and O–H groups in total. The lowest BCUT2D eigenvalue weighted by atomic mass is 10.1. The van der Waals surface area contributed by atoms with E-state index >= 15 is 0 Å². The van der Waals surface area contributed by atoms with E-state index in [9.17, 15) is 13.6 Å². The van der Waals surface area contributed by atoms with Crippen LogP contribution in [0.15, 0.2) is 18.2 Å². The molecule has 0 heterocycles. The van der Waals surface area contributed by atoms with Crippen LogP contribution in [0.1, 0.15) is 19.4 Å². The molecule has 0 aliphatic carbocycles. The number of halogens is 2. The molecular weight excluding hydrogens is 238 g/mol. The third-order valence-electron chi connectivity index (χ3n) is 2.70. The lowest BCUT2D eigenvalue weighted by molar-refractivity contribution is -0.132. The first kappa shape index (κ1) is 14.6. The molecule has 5 heteroatoms. The summed E-state index contributed by atoms with van der Waals surface area (Å²) >= 11 is 0. The summed E-state index contributed by atoms with van der Waals surface area (Å²) in [4.78, 5) is 13.5. The number of hydrogen-bond donors (Lipinski definition) is 1. The minimum atomic E-state index is -0.695. The fourth-order valence-electron chi connectivity index (χ4n) is 1.76. The van der Waals surface area contributed by atoms with Crippen LogP contribution in [0.25, 0.3) is 0 Å². The zero-order valence-electron chi connectivity index (χ0n) is 10.6. The number of amides is 1. The Bertz CT molecular complexity index is 401. The summed E-state index contributed by atoms with van der Waals surface area (Å²) in [6.07, 6.45) is -0.281. The molecule has 0 saturated heterocycles. The summed E-state index contributed by atoms with van der Waals surface area (Å²) in [7, 11) is 0. The van der Waals surface area contributed by atoms with Gasteiger partial charge in [-0.3, -0.25) is 4.79 Å². The first-order chi connectivity index (χ1) is 8.47. The van der Waals surface area contributed by atoms with Crippen LogP contribution in [0.4, 0.5) is 8.78 Å². The summed E-state index contributed by atoms with van der Waals surface area (Å²) in [5.74, 6) is -1.71. The Balaban J connectivity index is 2.86. The van der Waals surface area contributed by atoms with Crippen molar-refractivity contribution in [2.75, 3.05) is 13.1 Å². The molecular formula is C13H18F2N2O. The topological polar surface area (TPSA) is 46.3 Å². The second-order valence-corrected chi connectivity index (χ2v) is 4.35. The van der Waals surface area contributed by atoms with Gasteiger partial charge < -0.3 is 10.6 Å². The van der Waals surface area contributed by atoms with Crippen LogP contribution in [0.5, 0.6) is 0 Å². The normalized spacial score (nSPS) is 10.8. The Hall–Kier alpha value is -1.49. The van der Waals surface area contributed by atoms with Crippen LogP contribution < -0.4 is 5.73 Å². The standard InChI is InChI=1S/C13H18F2N2O/c1-9(2)17(7-6-16)13(18)8-10-11(14)4-3-5-12(10)15/h3-5,9H,6-8,16H2,1-2H3. The van der Waals surface area contributed by atoms with E-state index in [0.717, 1.165) is 12.1 Å². The molecule has 3 nitrogen and oxygen atoms in total. The van der Waals surface area contributed by atoms with Crippen LogP contribution in [0.2, 0.25) is 0 Å². The molecule has 0 bridgehead atoms. The van der Waals surface area contributed by atoms with Crippen LogP contribution in [0, 0.1) is 11.6 Å². The number of hydrogen-bond acceptors (Lipinski definition) is 2. The van der Waals surface area contributed by atoms with Crippen molar-refractivity contribution in [2.45, 2.75) is 26.3 Å². The Kier molecular flexibility index (Phi) is 5.22. The number of carbonyl (C=O) groups excluding carboxylic acids is 1. The summed E-state index contributed by atoms with van der Waals surface area (Å²) in [5.41, 5.74) is 5.23. The van der Waals surface area contributed by atoms with Gasteiger partial charge in [0.15, 0.2) is 0 Å². The summed E-state index contributed by atoms with van der Waals surface area (Å²) in [5, 5.41) is 0. The van der Waals surface area contributed by atoms with Crippen molar-refractivity contribution in [3.05, 3.63) is 35.4 Å². The molecule has 0 unspecified atom stereocenters. The largest absolute Gasteiger partial charge is 0.339 e. The smallest absolute Gasteiger partial charge is 0.227 e. The van der Waals surface area contributed by atoms with E-state index < -0.39 is 11.6 Å². The average molecular weight is 256 g/mol. The highest BCUT2D eigenvalue weighted by Crippen LogP contribution is 2.14. The van der Waals surface area contributed by atoms with Crippen LogP contribution in [-0.2, 0) is 11.2 Å². The molecule has 0 aliphatic heterocycles. The molecule has 0 atom stereocenters. The highest BCUT2D eigenvalue weighted by atomic mass is 19.1. The van der Waals surface area contributed by atoms with E-state index in [2.05, 4.69) is 0 Å². The molecule has 1 aromatic rings. The maximum Gasteiger partial charge on any atom is 0.227 e. The van der Waals surface area contributed by atoms with Gasteiger partial charge in [-0.25, -0.2) is 8.78 Å². The maximum absolute atomic E-state index is 13.4. The van der Waals surface area contributed by atoms with Gasteiger partial charge >= 0.3 is 0 Å². The quantitative estimate of drug-likeness (QED) is 0.871. The van der Waals surface area contributed by atoms with Gasteiger partial charge in [0.1, 0.15) is 11.6 Å². The van der Waals surface area contributed by atoms with Crippen molar-refractivity contribution < 1.29 is 13.6 Å². The molecule has 0 aromatic heterocycles. The van der Waals surface area contributed by atoms with Gasteiger partial charge in [-0.2, -0.15) is 0 Å². The van der Waals surface area contributed by atoms with E-state index in [0.29, 0.717) is 13.1 Å². The van der Waals surface area contributed by atoms with Crippen molar-refractivity contribution in [2.24, 2.45) is 5.73 Å². The van der Waals surface area contributed by atoms with Crippen molar-refractivity contribution in [3.63, 3.8) is 0 Å². The molecule has 18 heavy (non-hydrogen) atoms. The second-order valence-electron chi connectivity index (χ2n) is 4.35. The van der Waals surface area contributed by atoms with Gasteiger partial charge in [0.2, 0.25) is 5.91 Å². The first-order valence-corrected chi connectivity index (χ1v) is 5.89. The van der Waals surface area contributed by atoms with Crippen molar-refractivity contribution in [1.29, 1.82) is 0 Å². The average Bonchev–Trinajstić information content (AvgIpc) is 2.30. The number of nitrogens with zero attached hydrogens (tertiary/aromatic N) is 1. The zero-order valence-corrected chi connectivity index (χ0v) is 10.6. The van der Waals surface area contributed by atoms with Gasteiger partial charge in [0, 0.05) is 24.7 Å². The van der Waals surface area contributed by atoms with Gasteiger partial charge in [-0.1, -0.05) is 6.07 Å². The van der Waals surface area contributed by atoms with E-state index in [-0.39, 0.29) is 23.9 Å². The SMILES string of the molecule is CC(C)N(CCN)C(=O)Cc1c(F)cccc1F. The van der Waals surface area contributed by atoms with Gasteiger partial charge in [-0.05, 0) is 26.0 Å². The van der Waals surface area contributed by atoms with E-state index in [1.807, 2.05) is 13.8 Å². The lowest BCUT2D eigenvalue weighted by Gasteiger charge is -2.26. The predicted molar refractivity (Wildman–Crippen MR) is 66.0 cm³/mol. The minimum absolute atomic E-state index is 0.0455. The van der Waals surface area contributed by atoms with E-state index in [1.54, 1.807) is 0 Å². The summed E-state index contributed by atoms with van der Waals surface area (Å²) in [6.45, 7) is 4.38. The van der Waals surface area contributed by atoms with Crippen molar-refractivity contribution in [1.82, 2.24) is 4.90 Å². The Labute approximate surface area is 106 Å². The number of carbonyl (C=O) groups is 1. The number of benzene rings is 1. The molecule has 0 radical (unpaired) electrons. The van der Waals surface area contributed by atoms with Crippen LogP contribution >= 0.6 is 0 Å². The molecule has 1 amide bonds. The third kappa shape index (κ3) is 3.50. The Morgan fingerprint density at radius 3 is 2.33 bits per heavy atom. The second kappa shape index (κ2) is 6.44. The molecule has 0 aliphatic rings. The summed E-state index contributed by atoms with van der Waals surface area (Å²) in [6, 6.07) is 3.53.